The number of rotatable bonds is 12. The number of ether oxygens (including phenoxy) is 1. The van der Waals surface area contributed by atoms with E-state index in [4.69, 9.17) is 4.74 Å². The van der Waals surface area contributed by atoms with Gasteiger partial charge >= 0.3 is 182 Å². The third-order valence-corrected chi connectivity index (χ3v) is 22.0. The first-order valence-electron chi connectivity index (χ1n) is 11.6. The van der Waals surface area contributed by atoms with Gasteiger partial charge in [0.1, 0.15) is 0 Å². The van der Waals surface area contributed by atoms with Gasteiger partial charge in [-0.3, -0.25) is 0 Å². The van der Waals surface area contributed by atoms with Gasteiger partial charge in [0, 0.05) is 0 Å². The predicted octanol–water partition coefficient (Wildman–Crippen LogP) is 5.51. The molecule has 1 fully saturated rings. The van der Waals surface area contributed by atoms with Crippen molar-refractivity contribution in [2.75, 3.05) is 13.7 Å². The topological polar surface area (TPSA) is 46.6 Å². The van der Waals surface area contributed by atoms with E-state index < -0.39 is 18.4 Å². The first-order valence-corrected chi connectivity index (χ1v) is 19.0. The van der Waals surface area contributed by atoms with Crippen LogP contribution in [0.2, 0.25) is 13.3 Å². The number of imide groups is 1. The second-order valence-corrected chi connectivity index (χ2v) is 21.6. The van der Waals surface area contributed by atoms with E-state index in [0.29, 0.717) is 18.5 Å². The fourth-order valence-corrected chi connectivity index (χ4v) is 21.2. The van der Waals surface area contributed by atoms with Crippen molar-refractivity contribution in [2.45, 2.75) is 85.4 Å². The number of benzene rings is 1. The van der Waals surface area contributed by atoms with Crippen LogP contribution in [0.25, 0.3) is 0 Å². The summed E-state index contributed by atoms with van der Waals surface area (Å²) in [5, 5.41) is 0. The molecule has 0 unspecified atom stereocenters. The van der Waals surface area contributed by atoms with E-state index in [2.05, 4.69) is 26.8 Å². The summed E-state index contributed by atoms with van der Waals surface area (Å²) in [4.78, 5) is 26.6. The van der Waals surface area contributed by atoms with Gasteiger partial charge in [-0.1, -0.05) is 0 Å². The Balaban J connectivity index is 2.50. The zero-order valence-electron chi connectivity index (χ0n) is 18.9. The number of hydrogen-bond donors (Lipinski definition) is 0. The fourth-order valence-electron chi connectivity index (χ4n) is 4.60. The van der Waals surface area contributed by atoms with Gasteiger partial charge < -0.3 is 0 Å². The van der Waals surface area contributed by atoms with Crippen LogP contribution in [0.3, 0.4) is 0 Å². The molecular weight excluding hydrogens is 469 g/mol. The number of carbonyl (C=O) groups is 2. The molecule has 2 rings (SSSR count). The van der Waals surface area contributed by atoms with E-state index in [1.54, 1.807) is 7.11 Å². The van der Waals surface area contributed by atoms with E-state index in [9.17, 15) is 9.59 Å². The molecule has 1 aliphatic rings. The van der Waals surface area contributed by atoms with Gasteiger partial charge in [-0.05, 0) is 0 Å². The molecule has 29 heavy (non-hydrogen) atoms. The maximum atomic E-state index is 13.1. The van der Waals surface area contributed by atoms with Crippen LogP contribution in [0, 0.1) is 0 Å². The van der Waals surface area contributed by atoms with Crippen molar-refractivity contribution < 1.29 is 14.3 Å². The summed E-state index contributed by atoms with van der Waals surface area (Å²) in [5.74, 6) is 0.802. The van der Waals surface area contributed by atoms with Crippen molar-refractivity contribution in [3.05, 3.63) is 23.8 Å². The Morgan fingerprint density at radius 3 is 2.07 bits per heavy atom. The Bertz CT molecular complexity index is 667. The number of amides is 2. The van der Waals surface area contributed by atoms with Gasteiger partial charge in [0.15, 0.2) is 0 Å². The molecule has 0 saturated carbocycles. The number of hydrogen-bond acceptors (Lipinski definition) is 3. The van der Waals surface area contributed by atoms with Gasteiger partial charge in [0.05, 0.1) is 0 Å². The molecule has 0 spiro atoms. The maximum absolute atomic E-state index is 13.1. The standard InChI is InChI=1S/C12H12NO3.3C4H9.Sn/c1-16-10-6-4-9(5-7-10)12(15)13-8-2-3-11(13)14;3*1-3-4-2;/h4-6H,2-3,8H2,1H3;3*1,3-4H2,2H3;. The Morgan fingerprint density at radius 1 is 1.03 bits per heavy atom. The minimum absolute atomic E-state index is 0.0369. The predicted molar refractivity (Wildman–Crippen MR) is 123 cm³/mol. The molecular formula is C24H39NO3Sn. The van der Waals surface area contributed by atoms with Crippen molar-refractivity contribution in [1.82, 2.24) is 4.90 Å². The molecule has 1 aromatic rings. The van der Waals surface area contributed by atoms with Crippen LogP contribution in [0.1, 0.15) is 82.5 Å². The molecule has 2 amide bonds. The Morgan fingerprint density at radius 2 is 1.62 bits per heavy atom. The van der Waals surface area contributed by atoms with Gasteiger partial charge in [0.25, 0.3) is 0 Å². The molecule has 162 valence electrons. The van der Waals surface area contributed by atoms with E-state index in [-0.39, 0.29) is 11.8 Å². The molecule has 1 heterocycles. The van der Waals surface area contributed by atoms with Crippen LogP contribution in [-0.4, -0.2) is 48.7 Å². The zero-order valence-corrected chi connectivity index (χ0v) is 21.7. The molecule has 4 nitrogen and oxygen atoms in total. The molecule has 0 bridgehead atoms. The SMILES string of the molecule is CCC[CH2][Sn]([CH2]CCC)([CH2]CCC)[c]1cc(C(=O)N2CCCC2=O)ccc1OC. The van der Waals surface area contributed by atoms with Gasteiger partial charge in [-0.15, -0.1) is 0 Å². The summed E-state index contributed by atoms with van der Waals surface area (Å²) in [6, 6.07) is 5.97. The number of unbranched alkanes of at least 4 members (excludes halogenated alkanes) is 3. The average Bonchev–Trinajstić information content (AvgIpc) is 3.18. The van der Waals surface area contributed by atoms with Crippen LogP contribution in [0.15, 0.2) is 18.2 Å². The van der Waals surface area contributed by atoms with Gasteiger partial charge in [-0.2, -0.15) is 0 Å². The fraction of sp³-hybridized carbons (Fsp3) is 0.667. The van der Waals surface area contributed by atoms with Crippen molar-refractivity contribution in [2.24, 2.45) is 0 Å². The first-order chi connectivity index (χ1) is 14.0. The normalized spacial score (nSPS) is 14.5. The van der Waals surface area contributed by atoms with E-state index in [1.165, 1.54) is 60.3 Å². The number of nitrogens with zero attached hydrogens (tertiary/aromatic N) is 1. The van der Waals surface area contributed by atoms with Gasteiger partial charge in [-0.25, -0.2) is 0 Å². The van der Waals surface area contributed by atoms with Crippen molar-refractivity contribution in [3.8, 4) is 5.75 Å². The number of methoxy groups -OCH3 is 1. The summed E-state index contributed by atoms with van der Waals surface area (Å²) in [7, 11) is 1.75. The average molecular weight is 508 g/mol. The van der Waals surface area contributed by atoms with Crippen LogP contribution < -0.4 is 8.32 Å². The first kappa shape index (κ1) is 24.2. The molecule has 5 heteroatoms. The van der Waals surface area contributed by atoms with E-state index in [1.807, 2.05) is 12.1 Å². The molecule has 0 aliphatic carbocycles. The second kappa shape index (κ2) is 12.0. The van der Waals surface area contributed by atoms with Crippen molar-refractivity contribution in [1.29, 1.82) is 0 Å². The third-order valence-electron chi connectivity index (χ3n) is 6.36. The number of likely N-dealkylation sites (tertiary alicyclic amines) is 1. The summed E-state index contributed by atoms with van der Waals surface area (Å²) >= 11 is -2.76. The summed E-state index contributed by atoms with van der Waals surface area (Å²) < 4.78 is 11.2. The Hall–Kier alpha value is -1.04. The Kier molecular flexibility index (Phi) is 10.0. The van der Waals surface area contributed by atoms with Crippen LogP contribution in [-0.2, 0) is 4.79 Å². The van der Waals surface area contributed by atoms with Crippen LogP contribution in [0.4, 0.5) is 0 Å². The summed E-state index contributed by atoms with van der Waals surface area (Å²) in [6.45, 7) is 7.36. The summed E-state index contributed by atoms with van der Waals surface area (Å²) in [5.41, 5.74) is 0.668. The second-order valence-electron chi connectivity index (χ2n) is 8.46. The Labute approximate surface area is 181 Å². The zero-order chi connectivity index (χ0) is 21.3. The molecule has 0 atom stereocenters. The quantitative estimate of drug-likeness (QED) is 0.276. The molecule has 1 aliphatic heterocycles. The van der Waals surface area contributed by atoms with Crippen LogP contribution >= 0.6 is 0 Å². The van der Waals surface area contributed by atoms with Gasteiger partial charge in [0.2, 0.25) is 0 Å². The molecule has 1 aromatic carbocycles. The molecule has 0 aromatic heterocycles. The third kappa shape index (κ3) is 5.99. The molecule has 1 saturated heterocycles. The van der Waals surface area contributed by atoms with E-state index in [0.717, 1.165) is 12.2 Å². The molecule has 0 radical (unpaired) electrons. The monoisotopic (exact) mass is 509 g/mol. The summed E-state index contributed by atoms with van der Waals surface area (Å²) in [6.07, 6.45) is 8.67. The minimum atomic E-state index is -2.76. The van der Waals surface area contributed by atoms with Crippen molar-refractivity contribution >= 4 is 33.8 Å². The molecule has 0 N–H and O–H groups in total. The number of carbonyl (C=O) groups excluding carboxylic acids is 2. The van der Waals surface area contributed by atoms with E-state index >= 15 is 0 Å². The van der Waals surface area contributed by atoms with Crippen molar-refractivity contribution in [3.63, 3.8) is 0 Å². The van der Waals surface area contributed by atoms with Crippen LogP contribution in [0.5, 0.6) is 5.75 Å².